The highest BCUT2D eigenvalue weighted by molar-refractivity contribution is 7.89. The number of hydrogen-bond acceptors (Lipinski definition) is 6. The van der Waals surface area contributed by atoms with Crippen molar-refractivity contribution in [1.82, 2.24) is 15.0 Å². The zero-order chi connectivity index (χ0) is 19.2. The normalized spacial score (nSPS) is 12.3. The van der Waals surface area contributed by atoms with E-state index in [0.29, 0.717) is 5.75 Å². The van der Waals surface area contributed by atoms with Gasteiger partial charge in [0.2, 0.25) is 15.9 Å². The predicted molar refractivity (Wildman–Crippen MR) is 95.4 cm³/mol. The number of amides is 1. The van der Waals surface area contributed by atoms with Crippen molar-refractivity contribution in [3.63, 3.8) is 0 Å². The van der Waals surface area contributed by atoms with Gasteiger partial charge in [0.25, 0.3) is 0 Å². The molecule has 0 saturated heterocycles. The van der Waals surface area contributed by atoms with Gasteiger partial charge in [-0.15, -0.1) is 0 Å². The number of aromatic nitrogens is 1. The van der Waals surface area contributed by atoms with E-state index < -0.39 is 22.0 Å². The number of pyridine rings is 1. The maximum absolute atomic E-state index is 12.6. The molecule has 1 atom stereocenters. The highest BCUT2D eigenvalue weighted by Gasteiger charge is 2.25. The first-order chi connectivity index (χ1) is 12.4. The summed E-state index contributed by atoms with van der Waals surface area (Å²) in [6.07, 6.45) is 3.25. The van der Waals surface area contributed by atoms with Crippen molar-refractivity contribution < 1.29 is 22.7 Å². The minimum Gasteiger partial charge on any atom is -0.497 e. The van der Waals surface area contributed by atoms with Gasteiger partial charge in [-0.3, -0.25) is 9.78 Å². The van der Waals surface area contributed by atoms with Crippen molar-refractivity contribution in [2.75, 3.05) is 14.2 Å². The van der Waals surface area contributed by atoms with Crippen molar-refractivity contribution in [3.8, 4) is 11.5 Å². The Bertz CT molecular complexity index is 856. The molecule has 26 heavy (non-hydrogen) atoms. The van der Waals surface area contributed by atoms with E-state index in [9.17, 15) is 13.2 Å². The third-order valence-corrected chi connectivity index (χ3v) is 5.14. The maximum atomic E-state index is 12.6. The van der Waals surface area contributed by atoms with Gasteiger partial charge in [0.15, 0.2) is 0 Å². The first-order valence-corrected chi connectivity index (χ1v) is 9.26. The molecule has 2 N–H and O–H groups in total. The van der Waals surface area contributed by atoms with E-state index in [-0.39, 0.29) is 17.2 Å². The Hall–Kier alpha value is -2.65. The van der Waals surface area contributed by atoms with Crippen LogP contribution >= 0.6 is 0 Å². The fourth-order valence-corrected chi connectivity index (χ4v) is 3.58. The van der Waals surface area contributed by atoms with Crippen molar-refractivity contribution in [3.05, 3.63) is 48.3 Å². The summed E-state index contributed by atoms with van der Waals surface area (Å²) in [5.41, 5.74) is 0.811. The second-order valence-corrected chi connectivity index (χ2v) is 7.12. The van der Waals surface area contributed by atoms with Crippen LogP contribution < -0.4 is 19.5 Å². The van der Waals surface area contributed by atoms with Gasteiger partial charge >= 0.3 is 0 Å². The Labute approximate surface area is 152 Å². The Morgan fingerprint density at radius 3 is 2.62 bits per heavy atom. The minimum absolute atomic E-state index is 0.105. The summed E-state index contributed by atoms with van der Waals surface area (Å²) in [6, 6.07) is 6.99. The Morgan fingerprint density at radius 1 is 1.23 bits per heavy atom. The zero-order valence-corrected chi connectivity index (χ0v) is 15.5. The van der Waals surface area contributed by atoms with E-state index in [2.05, 4.69) is 15.0 Å². The molecule has 0 aliphatic carbocycles. The van der Waals surface area contributed by atoms with Crippen LogP contribution in [-0.4, -0.2) is 39.6 Å². The highest BCUT2D eigenvalue weighted by atomic mass is 32.2. The lowest BCUT2D eigenvalue weighted by atomic mass is 10.2. The molecule has 140 valence electrons. The van der Waals surface area contributed by atoms with E-state index in [1.165, 1.54) is 33.3 Å². The van der Waals surface area contributed by atoms with Gasteiger partial charge in [-0.1, -0.05) is 6.07 Å². The molecule has 1 aromatic heterocycles. The Kier molecular flexibility index (Phi) is 6.53. The van der Waals surface area contributed by atoms with Crippen molar-refractivity contribution in [2.24, 2.45) is 0 Å². The van der Waals surface area contributed by atoms with Crippen LogP contribution in [0.25, 0.3) is 0 Å². The highest BCUT2D eigenvalue weighted by Crippen LogP contribution is 2.28. The van der Waals surface area contributed by atoms with Crippen LogP contribution in [0.15, 0.2) is 47.6 Å². The van der Waals surface area contributed by atoms with Gasteiger partial charge in [0, 0.05) is 25.0 Å². The molecule has 1 amide bonds. The van der Waals surface area contributed by atoms with Crippen molar-refractivity contribution in [2.45, 2.75) is 24.4 Å². The average Bonchev–Trinajstić information content (AvgIpc) is 2.65. The fraction of sp³-hybridized carbons (Fsp3) is 0.294. The van der Waals surface area contributed by atoms with Crippen molar-refractivity contribution in [1.29, 1.82) is 0 Å². The van der Waals surface area contributed by atoms with Gasteiger partial charge in [-0.05, 0) is 30.7 Å². The number of nitrogens with one attached hydrogen (secondary N) is 2. The summed E-state index contributed by atoms with van der Waals surface area (Å²) in [6.45, 7) is 1.71. The number of carbonyl (C=O) groups is 1. The average molecular weight is 379 g/mol. The van der Waals surface area contributed by atoms with Crippen LogP contribution in [-0.2, 0) is 21.4 Å². The van der Waals surface area contributed by atoms with Gasteiger partial charge in [-0.25, -0.2) is 8.42 Å². The van der Waals surface area contributed by atoms with E-state index in [4.69, 9.17) is 9.47 Å². The van der Waals surface area contributed by atoms with E-state index >= 15 is 0 Å². The standard InChI is InChI=1S/C17H21N3O5S/c1-12(17(21)19-11-13-5-4-8-18-10-13)20-26(22,23)16-9-14(24-2)6-7-15(16)25-3/h4-10,12,20H,11H2,1-3H3,(H,19,21)/t12-/m1/s1. The summed E-state index contributed by atoms with van der Waals surface area (Å²) >= 11 is 0. The molecule has 0 spiro atoms. The number of benzene rings is 1. The molecular formula is C17H21N3O5S. The molecule has 0 saturated carbocycles. The Morgan fingerprint density at radius 2 is 2.00 bits per heavy atom. The van der Waals surface area contributed by atoms with Crippen LogP contribution in [0.3, 0.4) is 0 Å². The second kappa shape index (κ2) is 8.63. The minimum atomic E-state index is -3.99. The molecule has 2 rings (SSSR count). The number of nitrogens with zero attached hydrogens (tertiary/aromatic N) is 1. The molecule has 0 bridgehead atoms. The third kappa shape index (κ3) is 4.93. The van der Waals surface area contributed by atoms with E-state index in [0.717, 1.165) is 5.56 Å². The molecule has 8 nitrogen and oxygen atoms in total. The van der Waals surface area contributed by atoms with Crippen LogP contribution in [0.5, 0.6) is 11.5 Å². The smallest absolute Gasteiger partial charge is 0.245 e. The third-order valence-electron chi connectivity index (χ3n) is 3.58. The first-order valence-electron chi connectivity index (χ1n) is 7.78. The summed E-state index contributed by atoms with van der Waals surface area (Å²) in [5, 5.41) is 2.66. The summed E-state index contributed by atoms with van der Waals surface area (Å²) in [7, 11) is -1.19. The van der Waals surface area contributed by atoms with Crippen molar-refractivity contribution >= 4 is 15.9 Å². The van der Waals surface area contributed by atoms with Gasteiger partial charge < -0.3 is 14.8 Å². The van der Waals surface area contributed by atoms with E-state index in [1.807, 2.05) is 6.07 Å². The monoisotopic (exact) mass is 379 g/mol. The van der Waals surface area contributed by atoms with Crippen LogP contribution in [0.1, 0.15) is 12.5 Å². The molecule has 2 aromatic rings. The van der Waals surface area contributed by atoms with Crippen LogP contribution in [0.4, 0.5) is 0 Å². The SMILES string of the molecule is COc1ccc(OC)c(S(=O)(=O)N[C@H](C)C(=O)NCc2cccnc2)c1. The van der Waals surface area contributed by atoms with Gasteiger partial charge in [0.1, 0.15) is 16.4 Å². The number of carbonyl (C=O) groups excluding carboxylic acids is 1. The molecule has 1 aromatic carbocycles. The maximum Gasteiger partial charge on any atom is 0.245 e. The predicted octanol–water partition coefficient (Wildman–Crippen LogP) is 1.08. The lowest BCUT2D eigenvalue weighted by Crippen LogP contribution is -2.44. The fourth-order valence-electron chi connectivity index (χ4n) is 2.19. The molecule has 9 heteroatoms. The number of methoxy groups -OCH3 is 2. The molecule has 0 aliphatic heterocycles. The number of ether oxygens (including phenoxy) is 2. The molecule has 0 fully saturated rings. The molecular weight excluding hydrogens is 358 g/mol. The molecule has 0 unspecified atom stereocenters. The van der Waals surface area contributed by atoms with Gasteiger partial charge in [-0.2, -0.15) is 4.72 Å². The summed E-state index contributed by atoms with van der Waals surface area (Å²) in [4.78, 5) is 16.0. The second-order valence-electron chi connectivity index (χ2n) is 5.44. The summed E-state index contributed by atoms with van der Waals surface area (Å²) in [5.74, 6) is 0.0559. The number of hydrogen-bond donors (Lipinski definition) is 2. The lowest BCUT2D eigenvalue weighted by Gasteiger charge is -2.16. The largest absolute Gasteiger partial charge is 0.497 e. The van der Waals surface area contributed by atoms with Crippen LogP contribution in [0, 0.1) is 0 Å². The Balaban J connectivity index is 2.09. The molecule has 0 radical (unpaired) electrons. The number of sulfonamides is 1. The quantitative estimate of drug-likeness (QED) is 0.711. The van der Waals surface area contributed by atoms with E-state index in [1.54, 1.807) is 24.5 Å². The van der Waals surface area contributed by atoms with Crippen LogP contribution in [0.2, 0.25) is 0 Å². The first kappa shape index (κ1) is 19.7. The molecule has 1 heterocycles. The summed E-state index contributed by atoms with van der Waals surface area (Å²) < 4.78 is 37.8. The van der Waals surface area contributed by atoms with Gasteiger partial charge in [0.05, 0.1) is 20.3 Å². The number of rotatable bonds is 8. The topological polar surface area (TPSA) is 107 Å². The molecule has 0 aliphatic rings. The zero-order valence-electron chi connectivity index (χ0n) is 14.7. The lowest BCUT2D eigenvalue weighted by molar-refractivity contribution is -0.122.